The Kier molecular flexibility index (Phi) is 1.74. The molecule has 0 saturated heterocycles. The second kappa shape index (κ2) is 2.73. The van der Waals surface area contributed by atoms with Crippen LogP contribution in [0, 0.1) is 11.3 Å². The van der Waals surface area contributed by atoms with Gasteiger partial charge in [0.05, 0.1) is 0 Å². The molecule has 2 atom stereocenters. The van der Waals surface area contributed by atoms with Crippen LogP contribution < -0.4 is 5.32 Å². The summed E-state index contributed by atoms with van der Waals surface area (Å²) in [5.41, 5.74) is 0.795. The van der Waals surface area contributed by atoms with Crippen molar-refractivity contribution in [3.63, 3.8) is 0 Å². The molecule has 0 bridgehead atoms. The van der Waals surface area contributed by atoms with Crippen LogP contribution in [-0.2, 0) is 0 Å². The van der Waals surface area contributed by atoms with Gasteiger partial charge in [0.1, 0.15) is 0 Å². The van der Waals surface area contributed by atoms with E-state index in [1.165, 1.54) is 44.9 Å². The predicted octanol–water partition coefficient (Wildman–Crippen LogP) is 2.71. The van der Waals surface area contributed by atoms with Gasteiger partial charge in [0.25, 0.3) is 0 Å². The van der Waals surface area contributed by atoms with E-state index in [0.717, 1.165) is 23.4 Å². The van der Waals surface area contributed by atoms with Crippen molar-refractivity contribution in [2.24, 2.45) is 11.3 Å². The quantitative estimate of drug-likeness (QED) is 0.702. The van der Waals surface area contributed by atoms with Crippen LogP contribution in [0.3, 0.4) is 0 Å². The third kappa shape index (κ3) is 1.24. The first-order chi connectivity index (χ1) is 6.30. The van der Waals surface area contributed by atoms with Crippen molar-refractivity contribution < 1.29 is 0 Å². The summed E-state index contributed by atoms with van der Waals surface area (Å²) in [6.07, 6.45) is 10.5. The van der Waals surface area contributed by atoms with Gasteiger partial charge in [0.15, 0.2) is 0 Å². The lowest BCUT2D eigenvalue weighted by Crippen LogP contribution is -2.59. The van der Waals surface area contributed by atoms with Gasteiger partial charge in [0.2, 0.25) is 0 Å². The van der Waals surface area contributed by atoms with Gasteiger partial charge in [-0.3, -0.25) is 0 Å². The fourth-order valence-corrected chi connectivity index (χ4v) is 3.24. The number of hydrogen-bond donors (Lipinski definition) is 1. The molecule has 0 heterocycles. The summed E-state index contributed by atoms with van der Waals surface area (Å²) in [5, 5.41) is 3.87. The second-order valence-electron chi connectivity index (χ2n) is 5.60. The molecule has 3 rings (SSSR count). The molecule has 13 heavy (non-hydrogen) atoms. The number of hydrogen-bond acceptors (Lipinski definition) is 1. The summed E-state index contributed by atoms with van der Waals surface area (Å²) in [6.45, 7) is 2.39. The number of nitrogens with one attached hydrogen (secondary N) is 1. The highest BCUT2D eigenvalue weighted by atomic mass is 15.0. The van der Waals surface area contributed by atoms with Crippen LogP contribution in [0.25, 0.3) is 0 Å². The van der Waals surface area contributed by atoms with Crippen molar-refractivity contribution in [3.8, 4) is 0 Å². The van der Waals surface area contributed by atoms with E-state index >= 15 is 0 Å². The molecule has 0 aromatic rings. The molecule has 1 nitrogen and oxygen atoms in total. The van der Waals surface area contributed by atoms with Crippen LogP contribution >= 0.6 is 0 Å². The minimum Gasteiger partial charge on any atom is -0.311 e. The van der Waals surface area contributed by atoms with Gasteiger partial charge in [-0.05, 0) is 56.8 Å². The van der Waals surface area contributed by atoms with Gasteiger partial charge in [-0.1, -0.05) is 6.42 Å². The predicted molar refractivity (Wildman–Crippen MR) is 54.6 cm³/mol. The monoisotopic (exact) mass is 179 g/mol. The van der Waals surface area contributed by atoms with Gasteiger partial charge < -0.3 is 5.32 Å². The molecule has 0 radical (unpaired) electrons. The first-order valence-electron chi connectivity index (χ1n) is 6.06. The van der Waals surface area contributed by atoms with Crippen LogP contribution in [0.15, 0.2) is 0 Å². The fourth-order valence-electron chi connectivity index (χ4n) is 3.24. The SMILES string of the molecule is CC(NC1CCC12CCC2)C1CC1. The molecule has 3 fully saturated rings. The summed E-state index contributed by atoms with van der Waals surface area (Å²) >= 11 is 0. The lowest BCUT2D eigenvalue weighted by Gasteiger charge is -2.57. The average molecular weight is 179 g/mol. The van der Waals surface area contributed by atoms with Crippen molar-refractivity contribution in [2.75, 3.05) is 0 Å². The number of rotatable bonds is 3. The molecule has 1 N–H and O–H groups in total. The molecule has 3 aliphatic rings. The van der Waals surface area contributed by atoms with E-state index in [1.54, 1.807) is 0 Å². The molecular weight excluding hydrogens is 158 g/mol. The van der Waals surface area contributed by atoms with E-state index in [1.807, 2.05) is 0 Å². The van der Waals surface area contributed by atoms with E-state index in [-0.39, 0.29) is 0 Å². The largest absolute Gasteiger partial charge is 0.311 e. The van der Waals surface area contributed by atoms with Crippen molar-refractivity contribution >= 4 is 0 Å². The Morgan fingerprint density at radius 3 is 2.31 bits per heavy atom. The van der Waals surface area contributed by atoms with Gasteiger partial charge in [-0.25, -0.2) is 0 Å². The Labute approximate surface area is 81.3 Å². The summed E-state index contributed by atoms with van der Waals surface area (Å²) in [4.78, 5) is 0. The Balaban J connectivity index is 1.54. The lowest BCUT2D eigenvalue weighted by atomic mass is 9.53. The minimum atomic E-state index is 0.795. The molecule has 74 valence electrons. The van der Waals surface area contributed by atoms with Crippen molar-refractivity contribution in [1.82, 2.24) is 5.32 Å². The molecule has 3 aliphatic carbocycles. The fraction of sp³-hybridized carbons (Fsp3) is 1.00. The topological polar surface area (TPSA) is 12.0 Å². The molecular formula is C12H21N. The molecule has 0 aliphatic heterocycles. The molecule has 0 aromatic heterocycles. The van der Waals surface area contributed by atoms with Gasteiger partial charge in [-0.15, -0.1) is 0 Å². The zero-order valence-electron chi connectivity index (χ0n) is 8.68. The molecule has 0 amide bonds. The third-order valence-electron chi connectivity index (χ3n) is 4.81. The first-order valence-corrected chi connectivity index (χ1v) is 6.06. The Bertz CT molecular complexity index is 198. The van der Waals surface area contributed by atoms with Crippen LogP contribution in [0.5, 0.6) is 0 Å². The summed E-state index contributed by atoms with van der Waals surface area (Å²) in [5.74, 6) is 1.03. The Morgan fingerprint density at radius 1 is 1.15 bits per heavy atom. The zero-order chi connectivity index (χ0) is 8.89. The van der Waals surface area contributed by atoms with E-state index in [0.29, 0.717) is 0 Å². The van der Waals surface area contributed by atoms with E-state index in [2.05, 4.69) is 12.2 Å². The van der Waals surface area contributed by atoms with E-state index < -0.39 is 0 Å². The summed E-state index contributed by atoms with van der Waals surface area (Å²) < 4.78 is 0. The third-order valence-corrected chi connectivity index (χ3v) is 4.81. The first kappa shape index (κ1) is 8.28. The van der Waals surface area contributed by atoms with Crippen LogP contribution in [0.2, 0.25) is 0 Å². The van der Waals surface area contributed by atoms with Crippen molar-refractivity contribution in [2.45, 2.75) is 64.0 Å². The van der Waals surface area contributed by atoms with Crippen molar-refractivity contribution in [1.29, 1.82) is 0 Å². The Hall–Kier alpha value is -0.0400. The van der Waals surface area contributed by atoms with E-state index in [4.69, 9.17) is 0 Å². The normalized spacial score (nSPS) is 38.1. The van der Waals surface area contributed by atoms with Crippen LogP contribution in [0.1, 0.15) is 51.9 Å². The standard InChI is InChI=1S/C12H21N/c1-9(10-3-4-10)13-11-5-8-12(11)6-2-7-12/h9-11,13H,2-8H2,1H3. The maximum Gasteiger partial charge on any atom is 0.0126 e. The minimum absolute atomic E-state index is 0.795. The highest BCUT2D eigenvalue weighted by Crippen LogP contribution is 2.56. The smallest absolute Gasteiger partial charge is 0.0126 e. The molecule has 1 heteroatoms. The lowest BCUT2D eigenvalue weighted by molar-refractivity contribution is -0.0229. The van der Waals surface area contributed by atoms with Crippen LogP contribution in [0.4, 0.5) is 0 Å². The van der Waals surface area contributed by atoms with E-state index in [9.17, 15) is 0 Å². The highest BCUT2D eigenvalue weighted by Gasteiger charge is 2.51. The second-order valence-corrected chi connectivity index (χ2v) is 5.60. The molecule has 0 aromatic carbocycles. The maximum atomic E-state index is 3.87. The van der Waals surface area contributed by atoms with Crippen molar-refractivity contribution in [3.05, 3.63) is 0 Å². The molecule has 3 saturated carbocycles. The highest BCUT2D eigenvalue weighted by molar-refractivity contribution is 5.06. The average Bonchev–Trinajstić information content (AvgIpc) is 2.76. The van der Waals surface area contributed by atoms with Gasteiger partial charge in [0, 0.05) is 12.1 Å². The molecule has 2 unspecified atom stereocenters. The summed E-state index contributed by atoms with van der Waals surface area (Å²) in [6, 6.07) is 1.71. The maximum absolute atomic E-state index is 3.87. The molecule has 1 spiro atoms. The zero-order valence-corrected chi connectivity index (χ0v) is 8.68. The van der Waals surface area contributed by atoms with Gasteiger partial charge >= 0.3 is 0 Å². The van der Waals surface area contributed by atoms with Gasteiger partial charge in [-0.2, -0.15) is 0 Å². The van der Waals surface area contributed by atoms with Crippen LogP contribution in [-0.4, -0.2) is 12.1 Å². The summed E-state index contributed by atoms with van der Waals surface area (Å²) in [7, 11) is 0. The Morgan fingerprint density at radius 2 is 1.92 bits per heavy atom.